The molecule has 1 saturated carbocycles. The van der Waals surface area contributed by atoms with Crippen LogP contribution in [0.5, 0.6) is 5.75 Å². The molecule has 3 nitrogen and oxygen atoms in total. The Morgan fingerprint density at radius 3 is 2.95 bits per heavy atom. The second kappa shape index (κ2) is 6.17. The van der Waals surface area contributed by atoms with Crippen molar-refractivity contribution in [1.29, 1.82) is 0 Å². The first-order chi connectivity index (χ1) is 9.75. The van der Waals surface area contributed by atoms with Gasteiger partial charge in [0.15, 0.2) is 0 Å². The van der Waals surface area contributed by atoms with Crippen LogP contribution in [0.4, 0.5) is 0 Å². The van der Waals surface area contributed by atoms with Gasteiger partial charge in [0.2, 0.25) is 5.91 Å². The topological polar surface area (TPSA) is 38.3 Å². The Hall–Kier alpha value is -1.03. The van der Waals surface area contributed by atoms with Crippen LogP contribution in [-0.2, 0) is 4.79 Å². The van der Waals surface area contributed by atoms with Gasteiger partial charge in [-0.3, -0.25) is 4.79 Å². The third-order valence-corrected chi connectivity index (χ3v) is 5.59. The number of rotatable bonds is 3. The Bertz CT molecular complexity index is 491. The monoisotopic (exact) mass is 337 g/mol. The molecule has 0 radical (unpaired) electrons. The van der Waals surface area contributed by atoms with E-state index in [1.54, 1.807) is 0 Å². The first-order valence-electron chi connectivity index (χ1n) is 7.39. The van der Waals surface area contributed by atoms with E-state index >= 15 is 0 Å². The molecule has 0 bridgehead atoms. The zero-order valence-corrected chi connectivity index (χ0v) is 13.1. The molecule has 3 atom stereocenters. The lowest BCUT2D eigenvalue weighted by atomic mass is 9.92. The first-order valence-corrected chi connectivity index (χ1v) is 8.31. The van der Waals surface area contributed by atoms with Crippen molar-refractivity contribution in [2.45, 2.75) is 36.4 Å². The zero-order valence-electron chi connectivity index (χ0n) is 11.5. The maximum Gasteiger partial charge on any atom is 0.227 e. The molecule has 1 aromatic rings. The summed E-state index contributed by atoms with van der Waals surface area (Å²) in [6.07, 6.45) is 4.46. The van der Waals surface area contributed by atoms with E-state index in [9.17, 15) is 4.79 Å². The Labute approximate surface area is 128 Å². The predicted octanol–water partition coefficient (Wildman–Crippen LogP) is 3.23. The third-order valence-electron chi connectivity index (χ3n) is 4.38. The number of ether oxygens (including phenoxy) is 1. The molecule has 3 unspecified atom stereocenters. The number of fused-ring (bicyclic) bond motifs is 1. The summed E-state index contributed by atoms with van der Waals surface area (Å²) in [5.41, 5.74) is 1.03. The molecule has 1 aliphatic carbocycles. The van der Waals surface area contributed by atoms with Crippen LogP contribution >= 0.6 is 15.9 Å². The van der Waals surface area contributed by atoms with Crippen LogP contribution < -0.4 is 10.1 Å². The number of alkyl halides is 1. The number of hydrogen-bond acceptors (Lipinski definition) is 2. The van der Waals surface area contributed by atoms with Gasteiger partial charge in [0.05, 0.1) is 12.5 Å². The highest BCUT2D eigenvalue weighted by Gasteiger charge is 2.29. The van der Waals surface area contributed by atoms with Crippen LogP contribution in [0.1, 0.15) is 37.2 Å². The lowest BCUT2D eigenvalue weighted by Crippen LogP contribution is -2.36. The molecule has 20 heavy (non-hydrogen) atoms. The molecule has 108 valence electrons. The fourth-order valence-corrected chi connectivity index (χ4v) is 3.97. The quantitative estimate of drug-likeness (QED) is 0.860. The fraction of sp³-hybridized carbons (Fsp3) is 0.562. The van der Waals surface area contributed by atoms with Gasteiger partial charge in [0, 0.05) is 16.9 Å². The molecule has 3 rings (SSSR count). The van der Waals surface area contributed by atoms with Gasteiger partial charge in [-0.1, -0.05) is 40.5 Å². The van der Waals surface area contributed by atoms with E-state index in [0.29, 0.717) is 17.4 Å². The predicted molar refractivity (Wildman–Crippen MR) is 82.4 cm³/mol. The molecule has 1 N–H and O–H groups in total. The normalized spacial score (nSPS) is 28.6. The fourth-order valence-electron chi connectivity index (χ4n) is 3.19. The molecule has 1 heterocycles. The zero-order chi connectivity index (χ0) is 13.9. The molecule has 1 amide bonds. The van der Waals surface area contributed by atoms with E-state index in [-0.39, 0.29) is 11.8 Å². The van der Waals surface area contributed by atoms with Crippen molar-refractivity contribution in [3.05, 3.63) is 29.8 Å². The van der Waals surface area contributed by atoms with Crippen molar-refractivity contribution in [3.63, 3.8) is 0 Å². The largest absolute Gasteiger partial charge is 0.493 e. The molecule has 1 fully saturated rings. The Morgan fingerprint density at radius 1 is 1.30 bits per heavy atom. The summed E-state index contributed by atoms with van der Waals surface area (Å²) in [6.45, 7) is 1.41. The molecule has 1 aromatic carbocycles. The number of carbonyl (C=O) groups is 1. The van der Waals surface area contributed by atoms with Crippen LogP contribution in [0.15, 0.2) is 24.3 Å². The van der Waals surface area contributed by atoms with Crippen LogP contribution in [0, 0.1) is 5.92 Å². The van der Waals surface area contributed by atoms with E-state index in [1.165, 1.54) is 19.3 Å². The maximum atomic E-state index is 12.4. The average molecular weight is 338 g/mol. The number of hydrogen-bond donors (Lipinski definition) is 1. The molecular weight excluding hydrogens is 318 g/mol. The van der Waals surface area contributed by atoms with Crippen LogP contribution in [0.3, 0.4) is 0 Å². The third kappa shape index (κ3) is 2.85. The summed E-state index contributed by atoms with van der Waals surface area (Å²) in [6, 6.07) is 7.87. The summed E-state index contributed by atoms with van der Waals surface area (Å²) < 4.78 is 5.61. The number of amides is 1. The second-order valence-corrected chi connectivity index (χ2v) is 6.86. The summed E-state index contributed by atoms with van der Waals surface area (Å²) in [7, 11) is 0. The highest BCUT2D eigenvalue weighted by Crippen LogP contribution is 2.34. The van der Waals surface area contributed by atoms with Crippen molar-refractivity contribution >= 4 is 21.8 Å². The van der Waals surface area contributed by atoms with Gasteiger partial charge in [-0.2, -0.15) is 0 Å². The van der Waals surface area contributed by atoms with Crippen molar-refractivity contribution in [2.75, 3.05) is 13.2 Å². The number of benzene rings is 1. The van der Waals surface area contributed by atoms with Crippen molar-refractivity contribution < 1.29 is 9.53 Å². The van der Waals surface area contributed by atoms with E-state index < -0.39 is 0 Å². The number of carbonyl (C=O) groups excluding carboxylic acids is 1. The van der Waals surface area contributed by atoms with Crippen molar-refractivity contribution in [1.82, 2.24) is 5.32 Å². The van der Waals surface area contributed by atoms with Gasteiger partial charge in [-0.15, -0.1) is 0 Å². The number of nitrogens with one attached hydrogen (secondary N) is 1. The standard InChI is InChI=1S/C16H20BrNO2/c17-14-6-3-4-11(14)10-18-16(19)13-8-9-20-15-7-2-1-5-12(13)15/h1-2,5,7,11,13-14H,3-4,6,8-10H2,(H,18,19). The Kier molecular flexibility index (Phi) is 4.29. The molecule has 4 heteroatoms. The van der Waals surface area contributed by atoms with E-state index in [1.807, 2.05) is 24.3 Å². The lowest BCUT2D eigenvalue weighted by Gasteiger charge is -2.26. The number of para-hydroxylation sites is 1. The molecule has 0 spiro atoms. The molecule has 1 aliphatic heterocycles. The summed E-state index contributed by atoms with van der Waals surface area (Å²) in [5.74, 6) is 1.52. The molecular formula is C16H20BrNO2. The van der Waals surface area contributed by atoms with Crippen LogP contribution in [0.25, 0.3) is 0 Å². The van der Waals surface area contributed by atoms with Gasteiger partial charge in [0.1, 0.15) is 5.75 Å². The van der Waals surface area contributed by atoms with E-state index in [4.69, 9.17) is 4.74 Å². The molecule has 2 aliphatic rings. The maximum absolute atomic E-state index is 12.4. The van der Waals surface area contributed by atoms with E-state index in [0.717, 1.165) is 24.3 Å². The Morgan fingerprint density at radius 2 is 2.15 bits per heavy atom. The van der Waals surface area contributed by atoms with Crippen molar-refractivity contribution in [3.8, 4) is 5.75 Å². The van der Waals surface area contributed by atoms with Gasteiger partial charge in [-0.05, 0) is 31.2 Å². The summed E-state index contributed by atoms with van der Waals surface area (Å²) >= 11 is 3.71. The van der Waals surface area contributed by atoms with E-state index in [2.05, 4.69) is 21.2 Å². The molecule has 0 aromatic heterocycles. The molecule has 0 saturated heterocycles. The lowest BCUT2D eigenvalue weighted by molar-refractivity contribution is -0.123. The highest BCUT2D eigenvalue weighted by atomic mass is 79.9. The van der Waals surface area contributed by atoms with Gasteiger partial charge in [-0.25, -0.2) is 0 Å². The average Bonchev–Trinajstić information content (AvgIpc) is 2.89. The minimum atomic E-state index is -0.0601. The minimum Gasteiger partial charge on any atom is -0.493 e. The minimum absolute atomic E-state index is 0.0601. The van der Waals surface area contributed by atoms with Gasteiger partial charge < -0.3 is 10.1 Å². The number of halogens is 1. The smallest absolute Gasteiger partial charge is 0.227 e. The van der Waals surface area contributed by atoms with Crippen LogP contribution in [-0.4, -0.2) is 23.9 Å². The SMILES string of the molecule is O=C(NCC1CCCC1Br)C1CCOc2ccccc21. The summed E-state index contributed by atoms with van der Waals surface area (Å²) in [5, 5.41) is 3.14. The summed E-state index contributed by atoms with van der Waals surface area (Å²) in [4.78, 5) is 13.0. The van der Waals surface area contributed by atoms with Crippen LogP contribution in [0.2, 0.25) is 0 Å². The highest BCUT2D eigenvalue weighted by molar-refractivity contribution is 9.09. The van der Waals surface area contributed by atoms with Gasteiger partial charge >= 0.3 is 0 Å². The Balaban J connectivity index is 1.63. The van der Waals surface area contributed by atoms with Crippen molar-refractivity contribution in [2.24, 2.45) is 5.92 Å². The first kappa shape index (κ1) is 13.9. The van der Waals surface area contributed by atoms with Gasteiger partial charge in [0.25, 0.3) is 0 Å². The second-order valence-electron chi connectivity index (χ2n) is 5.68.